The van der Waals surface area contributed by atoms with E-state index in [0.717, 1.165) is 97.6 Å². The minimum absolute atomic E-state index is 0.0257. The number of nitrogen functional groups attached to an aromatic ring is 1. The number of anilines is 1. The fraction of sp³-hybridized carbons (Fsp3) is 0.444. The van der Waals surface area contributed by atoms with Crippen molar-refractivity contribution in [2.45, 2.75) is 100 Å². The summed E-state index contributed by atoms with van der Waals surface area (Å²) in [6.07, 6.45) is 18.0. The van der Waals surface area contributed by atoms with Crippen LogP contribution in [-0.4, -0.2) is 133 Å². The van der Waals surface area contributed by atoms with Gasteiger partial charge in [0.05, 0.1) is 22.6 Å². The van der Waals surface area contributed by atoms with Crippen molar-refractivity contribution in [2.24, 2.45) is 0 Å². The van der Waals surface area contributed by atoms with E-state index in [1.165, 1.54) is 51.3 Å². The summed E-state index contributed by atoms with van der Waals surface area (Å²) in [4.78, 5) is 81.7. The fourth-order valence-electron chi connectivity index (χ4n) is 10.2. The van der Waals surface area contributed by atoms with Gasteiger partial charge in [0.1, 0.15) is 35.4 Å². The normalized spacial score (nSPS) is 19.0. The number of ether oxygens (including phenoxy) is 1. The second-order valence-electron chi connectivity index (χ2n) is 19.0. The predicted octanol–water partition coefficient (Wildman–Crippen LogP) is 7.91. The predicted molar refractivity (Wildman–Crippen MR) is 274 cm³/mol. The Labute approximate surface area is 419 Å². The van der Waals surface area contributed by atoms with Crippen LogP contribution < -0.4 is 15.8 Å². The second kappa shape index (κ2) is 23.7. The lowest BCUT2D eigenvalue weighted by molar-refractivity contribution is -0.136. The van der Waals surface area contributed by atoms with Gasteiger partial charge in [-0.15, -0.1) is 11.8 Å². The third-order valence-electron chi connectivity index (χ3n) is 14.1. The Morgan fingerprint density at radius 1 is 0.775 bits per heavy atom. The van der Waals surface area contributed by atoms with Crippen molar-refractivity contribution in [2.75, 3.05) is 63.8 Å². The number of hydrogen-bond donors (Lipinski definition) is 2. The Hall–Kier alpha value is -6.43. The number of aromatic nitrogens is 4. The first kappa shape index (κ1) is 49.5. The third-order valence-corrected chi connectivity index (χ3v) is 15.2. The highest BCUT2D eigenvalue weighted by Crippen LogP contribution is 2.37. The number of rotatable bonds is 21. The van der Waals surface area contributed by atoms with Gasteiger partial charge in [-0.3, -0.25) is 39.1 Å². The Bertz CT molecular complexity index is 2720. The molecule has 3 saturated heterocycles. The van der Waals surface area contributed by atoms with E-state index < -0.39 is 23.8 Å². The molecule has 2 atom stereocenters. The van der Waals surface area contributed by atoms with Crippen LogP contribution in [0.25, 0.3) is 22.3 Å². The number of para-hydroxylation sites is 1. The minimum atomic E-state index is -0.951. The van der Waals surface area contributed by atoms with Gasteiger partial charge >= 0.3 is 0 Å². The number of piperidine rings is 2. The molecule has 0 bridgehead atoms. The molecule has 4 aliphatic heterocycles. The molecule has 3 N–H and O–H groups in total. The van der Waals surface area contributed by atoms with Crippen LogP contribution in [0.5, 0.6) is 11.5 Å². The van der Waals surface area contributed by atoms with E-state index in [4.69, 9.17) is 15.6 Å². The lowest BCUT2D eigenvalue weighted by Gasteiger charge is -2.34. The molecule has 4 aliphatic rings. The van der Waals surface area contributed by atoms with Crippen LogP contribution in [-0.2, 0) is 14.4 Å². The maximum atomic E-state index is 13.5. The largest absolute Gasteiger partial charge is 0.457 e. The summed E-state index contributed by atoms with van der Waals surface area (Å²) in [5.74, 6) is 0.853. The monoisotopic (exact) mass is 980 g/mol. The topological polar surface area (TPSA) is 189 Å². The Balaban J connectivity index is 0.627. The molecule has 5 amide bonds. The molecular formula is C54H64N10O6S. The van der Waals surface area contributed by atoms with Gasteiger partial charge in [-0.2, -0.15) is 5.10 Å². The van der Waals surface area contributed by atoms with Crippen molar-refractivity contribution in [3.05, 3.63) is 102 Å². The van der Waals surface area contributed by atoms with Gasteiger partial charge in [0, 0.05) is 68.8 Å². The summed E-state index contributed by atoms with van der Waals surface area (Å²) < 4.78 is 7.94. The molecule has 0 radical (unpaired) electrons. The molecule has 0 saturated carbocycles. The quantitative estimate of drug-likeness (QED) is 0.0313. The SMILES string of the molecule is Nc1ncnc2c1c(-c1ccc(Oc3ccccc3)cc1)nn2C1CCCN(C(=O)/C=C/CN2CCN(CCCCCCCCCCCSc3cccc4c3C(=O)N(C3CCC(=O)NC3=O)C4=O)CC2)C1. The standard InChI is InChI=1S/C54H64N10O6S/c55-50-48-49(38-22-24-41(25-23-38)70-40-17-9-8-10-18-40)59-64(51(48)57-37-56-50)39-16-14-30-62(36-39)46(66)21-15-29-61-33-31-60(32-34-61)28-11-6-4-2-1-3-5-7-12-35-71-44-20-13-19-42-47(44)54(69)63(53(42)68)43-26-27-45(65)58-52(43)67/h8-10,13,15,17-25,37,39,43H,1-7,11-12,14,16,26-36H2,(H2,55,56,57)(H,58,65,67)/b21-15+. The fourth-order valence-corrected chi connectivity index (χ4v) is 11.3. The van der Waals surface area contributed by atoms with Crippen LogP contribution in [0.4, 0.5) is 5.82 Å². The van der Waals surface area contributed by atoms with Crippen molar-refractivity contribution in [3.8, 4) is 22.8 Å². The van der Waals surface area contributed by atoms with Crippen LogP contribution in [0.15, 0.2) is 96.2 Å². The maximum absolute atomic E-state index is 13.5. The van der Waals surface area contributed by atoms with Gasteiger partial charge < -0.3 is 20.3 Å². The molecule has 0 aliphatic carbocycles. The number of carbonyl (C=O) groups is 5. The van der Waals surface area contributed by atoms with E-state index in [0.29, 0.717) is 46.8 Å². The Morgan fingerprint density at radius 3 is 2.25 bits per heavy atom. The number of nitrogens with two attached hydrogens (primary N) is 1. The number of piperazine rings is 1. The maximum Gasteiger partial charge on any atom is 0.263 e. The molecule has 3 fully saturated rings. The summed E-state index contributed by atoms with van der Waals surface area (Å²) in [6.45, 7) is 7.25. The molecule has 6 heterocycles. The molecule has 3 aromatic carbocycles. The molecule has 372 valence electrons. The minimum Gasteiger partial charge on any atom is -0.457 e. The molecule has 17 heteroatoms. The third kappa shape index (κ3) is 12.0. The summed E-state index contributed by atoms with van der Waals surface area (Å²) >= 11 is 1.59. The van der Waals surface area contributed by atoms with Crippen molar-refractivity contribution in [1.82, 2.24) is 44.7 Å². The van der Waals surface area contributed by atoms with Crippen LogP contribution >= 0.6 is 11.8 Å². The summed E-state index contributed by atoms with van der Waals surface area (Å²) in [5, 5.41) is 8.02. The number of thioether (sulfide) groups is 1. The average Bonchev–Trinajstić information content (AvgIpc) is 3.90. The number of carbonyl (C=O) groups excluding carboxylic acids is 5. The highest BCUT2D eigenvalue weighted by atomic mass is 32.2. The number of unbranched alkanes of at least 4 members (excludes halogenated alkanes) is 8. The zero-order valence-corrected chi connectivity index (χ0v) is 41.2. The van der Waals surface area contributed by atoms with Gasteiger partial charge in [0.15, 0.2) is 5.65 Å². The van der Waals surface area contributed by atoms with Crippen molar-refractivity contribution >= 4 is 58.1 Å². The van der Waals surface area contributed by atoms with E-state index in [1.807, 2.05) is 76.3 Å². The smallest absolute Gasteiger partial charge is 0.263 e. The molecule has 0 spiro atoms. The number of imide groups is 2. The second-order valence-corrected chi connectivity index (χ2v) is 20.1. The van der Waals surface area contributed by atoms with E-state index in [-0.39, 0.29) is 30.7 Å². The summed E-state index contributed by atoms with van der Waals surface area (Å²) in [5.41, 5.74) is 9.40. The number of nitrogens with zero attached hydrogens (tertiary/aromatic N) is 8. The Kier molecular flexibility index (Phi) is 16.5. The van der Waals surface area contributed by atoms with Crippen LogP contribution in [0, 0.1) is 0 Å². The molecule has 9 rings (SSSR count). The number of benzene rings is 3. The average molecular weight is 981 g/mol. The molecule has 5 aromatic rings. The molecule has 71 heavy (non-hydrogen) atoms. The highest BCUT2D eigenvalue weighted by Gasteiger charge is 2.45. The highest BCUT2D eigenvalue weighted by molar-refractivity contribution is 7.99. The molecule has 2 unspecified atom stereocenters. The number of likely N-dealkylation sites (tertiary alicyclic amines) is 1. The van der Waals surface area contributed by atoms with E-state index >= 15 is 0 Å². The number of nitrogens with one attached hydrogen (secondary N) is 1. The van der Waals surface area contributed by atoms with Gasteiger partial charge in [-0.1, -0.05) is 75.3 Å². The Morgan fingerprint density at radius 2 is 1.49 bits per heavy atom. The van der Waals surface area contributed by atoms with Gasteiger partial charge in [0.25, 0.3) is 11.8 Å². The number of hydrogen-bond acceptors (Lipinski definition) is 13. The zero-order valence-electron chi connectivity index (χ0n) is 40.4. The van der Waals surface area contributed by atoms with Crippen molar-refractivity contribution in [3.63, 3.8) is 0 Å². The summed E-state index contributed by atoms with van der Waals surface area (Å²) in [7, 11) is 0. The van der Waals surface area contributed by atoms with Crippen molar-refractivity contribution in [1.29, 1.82) is 0 Å². The first-order chi connectivity index (χ1) is 34.7. The van der Waals surface area contributed by atoms with E-state index in [2.05, 4.69) is 25.1 Å². The van der Waals surface area contributed by atoms with Crippen LogP contribution in [0.3, 0.4) is 0 Å². The van der Waals surface area contributed by atoms with E-state index in [9.17, 15) is 24.0 Å². The number of amides is 5. The van der Waals surface area contributed by atoms with Crippen LogP contribution in [0.1, 0.15) is 110 Å². The first-order valence-corrected chi connectivity index (χ1v) is 26.4. The first-order valence-electron chi connectivity index (χ1n) is 25.4. The molecule has 16 nitrogen and oxygen atoms in total. The van der Waals surface area contributed by atoms with Crippen LogP contribution in [0.2, 0.25) is 0 Å². The molecular weight excluding hydrogens is 917 g/mol. The summed E-state index contributed by atoms with van der Waals surface area (Å²) in [6, 6.07) is 21.7. The van der Waals surface area contributed by atoms with Gasteiger partial charge in [-0.05, 0) is 92.9 Å². The van der Waals surface area contributed by atoms with Crippen molar-refractivity contribution < 1.29 is 28.7 Å². The number of fused-ring (bicyclic) bond motifs is 2. The van der Waals surface area contributed by atoms with E-state index in [1.54, 1.807) is 30.0 Å². The lowest BCUT2D eigenvalue weighted by Crippen LogP contribution is -2.54. The lowest BCUT2D eigenvalue weighted by atomic mass is 10.0. The van der Waals surface area contributed by atoms with Gasteiger partial charge in [0.2, 0.25) is 17.7 Å². The van der Waals surface area contributed by atoms with Gasteiger partial charge in [-0.25, -0.2) is 14.6 Å². The zero-order chi connectivity index (χ0) is 49.1. The molecule has 2 aromatic heterocycles.